The fourth-order valence-corrected chi connectivity index (χ4v) is 6.42. The van der Waals surface area contributed by atoms with Gasteiger partial charge < -0.3 is 0 Å². The van der Waals surface area contributed by atoms with Crippen molar-refractivity contribution >= 4 is 5.78 Å². The van der Waals surface area contributed by atoms with Crippen molar-refractivity contribution in [3.05, 3.63) is 82.5 Å². The van der Waals surface area contributed by atoms with Crippen LogP contribution in [-0.4, -0.2) is 5.78 Å². The van der Waals surface area contributed by atoms with Gasteiger partial charge in [0.25, 0.3) is 0 Å². The number of allylic oxidation sites excluding steroid dienone is 8. The number of hydrogen-bond acceptors (Lipinski definition) is 1. The molecule has 4 atom stereocenters. The van der Waals surface area contributed by atoms with E-state index >= 15 is 0 Å². The number of fused-ring (bicyclic) bond motifs is 1. The SMILES string of the molecule is CC.CCC1C/C=C(\C)C/C(C(=O)C(C)C2CCC=CCC2)=C\C=C\1C1CC(C)c2ccccc21.[HH]. The minimum Gasteiger partial charge on any atom is -0.294 e. The Bertz CT molecular complexity index is 969. The summed E-state index contributed by atoms with van der Waals surface area (Å²) in [6.45, 7) is 13.1. The Morgan fingerprint density at radius 3 is 2.37 bits per heavy atom. The highest BCUT2D eigenvalue weighted by Crippen LogP contribution is 2.48. The van der Waals surface area contributed by atoms with Crippen molar-refractivity contribution in [2.45, 2.75) is 105 Å². The van der Waals surface area contributed by atoms with E-state index in [1.54, 1.807) is 0 Å². The van der Waals surface area contributed by atoms with Gasteiger partial charge in [0, 0.05) is 13.3 Å². The van der Waals surface area contributed by atoms with Gasteiger partial charge in [-0.25, -0.2) is 0 Å². The minimum atomic E-state index is 0. The molecule has 1 aromatic rings. The van der Waals surface area contributed by atoms with Crippen LogP contribution in [0.25, 0.3) is 0 Å². The number of hydrogen-bond donors (Lipinski definition) is 0. The van der Waals surface area contributed by atoms with Crippen molar-refractivity contribution in [1.29, 1.82) is 0 Å². The van der Waals surface area contributed by atoms with Gasteiger partial charge in [-0.15, -0.1) is 0 Å². The van der Waals surface area contributed by atoms with Gasteiger partial charge in [0.2, 0.25) is 0 Å². The normalized spacial score (nSPS) is 30.3. The predicted octanol–water partition coefficient (Wildman–Crippen LogP) is 10.1. The van der Waals surface area contributed by atoms with E-state index < -0.39 is 0 Å². The van der Waals surface area contributed by atoms with Gasteiger partial charge in [0.1, 0.15) is 0 Å². The lowest BCUT2D eigenvalue weighted by Crippen LogP contribution is -2.22. The smallest absolute Gasteiger partial charge is 0.162 e. The number of carbonyl (C=O) groups excluding carboxylic acids is 1. The number of benzene rings is 1. The number of ketones is 1. The van der Waals surface area contributed by atoms with Crippen LogP contribution < -0.4 is 0 Å². The first kappa shape index (κ1) is 27.4. The molecule has 3 aliphatic rings. The van der Waals surface area contributed by atoms with E-state index in [1.165, 1.54) is 28.7 Å². The van der Waals surface area contributed by atoms with Crippen LogP contribution in [0.2, 0.25) is 0 Å². The van der Waals surface area contributed by atoms with Gasteiger partial charge in [0.05, 0.1) is 0 Å². The van der Waals surface area contributed by atoms with Gasteiger partial charge in [-0.3, -0.25) is 4.79 Å². The quantitative estimate of drug-likeness (QED) is 0.388. The van der Waals surface area contributed by atoms with Crippen molar-refractivity contribution in [2.24, 2.45) is 17.8 Å². The highest BCUT2D eigenvalue weighted by Gasteiger charge is 2.33. The molecule has 0 N–H and O–H groups in total. The van der Waals surface area contributed by atoms with E-state index in [0.29, 0.717) is 29.5 Å². The fourth-order valence-electron chi connectivity index (χ4n) is 6.42. The van der Waals surface area contributed by atoms with Crippen LogP contribution in [0.15, 0.2) is 71.4 Å². The predicted molar refractivity (Wildman–Crippen MR) is 154 cm³/mol. The van der Waals surface area contributed by atoms with Gasteiger partial charge in [0.15, 0.2) is 5.78 Å². The summed E-state index contributed by atoms with van der Waals surface area (Å²) in [5.41, 5.74) is 6.92. The Hall–Kier alpha value is -2.15. The number of carbonyl (C=O) groups is 1. The van der Waals surface area contributed by atoms with Crippen molar-refractivity contribution in [2.75, 3.05) is 0 Å². The molecule has 0 saturated heterocycles. The van der Waals surface area contributed by atoms with Crippen molar-refractivity contribution in [1.82, 2.24) is 0 Å². The molecule has 0 aromatic heterocycles. The zero-order valence-electron chi connectivity index (χ0n) is 23.1. The lowest BCUT2D eigenvalue weighted by Gasteiger charge is -2.24. The zero-order chi connectivity index (χ0) is 25.4. The molecule has 0 fully saturated rings. The molecule has 0 aliphatic heterocycles. The van der Waals surface area contributed by atoms with Crippen LogP contribution in [-0.2, 0) is 4.79 Å². The summed E-state index contributed by atoms with van der Waals surface area (Å²) >= 11 is 0. The van der Waals surface area contributed by atoms with Crippen LogP contribution in [0, 0.1) is 17.8 Å². The van der Waals surface area contributed by atoms with E-state index in [4.69, 9.17) is 0 Å². The number of rotatable bonds is 5. The van der Waals surface area contributed by atoms with Crippen LogP contribution in [0.1, 0.15) is 117 Å². The molecule has 0 radical (unpaired) electrons. The maximum absolute atomic E-state index is 13.7. The maximum atomic E-state index is 13.7. The number of Topliss-reactive ketones (excluding diaryl/α,β-unsaturated/α-hetero) is 1. The second-order valence-electron chi connectivity index (χ2n) is 10.8. The highest BCUT2D eigenvalue weighted by atomic mass is 16.1. The van der Waals surface area contributed by atoms with Crippen LogP contribution >= 0.6 is 0 Å². The summed E-state index contributed by atoms with van der Waals surface area (Å²) in [6.07, 6.45) is 20.3. The second kappa shape index (κ2) is 13.2. The topological polar surface area (TPSA) is 17.1 Å². The van der Waals surface area contributed by atoms with Gasteiger partial charge >= 0.3 is 0 Å². The average Bonchev–Trinajstić information content (AvgIpc) is 3.04. The molecule has 0 saturated carbocycles. The van der Waals surface area contributed by atoms with Crippen molar-refractivity contribution < 1.29 is 6.22 Å². The Morgan fingerprint density at radius 1 is 1.06 bits per heavy atom. The summed E-state index contributed by atoms with van der Waals surface area (Å²) in [5.74, 6) is 2.60. The van der Waals surface area contributed by atoms with E-state index in [0.717, 1.165) is 50.5 Å². The largest absolute Gasteiger partial charge is 0.294 e. The third-order valence-corrected chi connectivity index (χ3v) is 8.57. The summed E-state index contributed by atoms with van der Waals surface area (Å²) in [6, 6.07) is 9.02. The molecule has 4 unspecified atom stereocenters. The summed E-state index contributed by atoms with van der Waals surface area (Å²) in [7, 11) is 0. The van der Waals surface area contributed by atoms with Crippen molar-refractivity contribution in [3.8, 4) is 0 Å². The first-order valence-corrected chi connectivity index (χ1v) is 14.3. The van der Waals surface area contributed by atoms with E-state index in [1.807, 2.05) is 13.8 Å². The standard InChI is InChI=1S/C32H42O.C2H6.H2/c1-5-25-17-16-22(2)20-27(32(33)24(4)26-12-8-6-7-9-13-26)18-19-29(25)31-21-23(3)28-14-10-11-15-30(28)31;1-2;/h6-7,10-11,14-16,18-19,23-26,31H,5,8-9,12-13,17,20-21H2,1-4H3;1-2H3;1H/b22-16+,27-18+,29-19-;;. The monoisotopic (exact) mass is 474 g/mol. The molecule has 0 bridgehead atoms. The highest BCUT2D eigenvalue weighted by molar-refractivity contribution is 5.97. The Kier molecular flexibility index (Phi) is 10.4. The molecule has 0 amide bonds. The van der Waals surface area contributed by atoms with Crippen molar-refractivity contribution in [3.63, 3.8) is 0 Å². The van der Waals surface area contributed by atoms with Crippen LogP contribution in [0.3, 0.4) is 0 Å². The molecule has 0 heterocycles. The lowest BCUT2D eigenvalue weighted by molar-refractivity contribution is -0.120. The van der Waals surface area contributed by atoms with Gasteiger partial charge in [-0.2, -0.15) is 0 Å². The van der Waals surface area contributed by atoms with E-state index in [2.05, 4.69) is 82.3 Å². The second-order valence-corrected chi connectivity index (χ2v) is 10.8. The Balaban J connectivity index is 0.00000148. The molecular formula is C34H50O. The van der Waals surface area contributed by atoms with E-state index in [9.17, 15) is 4.79 Å². The maximum Gasteiger partial charge on any atom is 0.162 e. The lowest BCUT2D eigenvalue weighted by atomic mass is 9.80. The summed E-state index contributed by atoms with van der Waals surface area (Å²) < 4.78 is 0. The van der Waals surface area contributed by atoms with Gasteiger partial charge in [-0.1, -0.05) is 100 Å². The first-order valence-electron chi connectivity index (χ1n) is 14.3. The molecule has 1 nitrogen and oxygen atoms in total. The summed E-state index contributed by atoms with van der Waals surface area (Å²) in [5, 5.41) is 0. The van der Waals surface area contributed by atoms with Gasteiger partial charge in [-0.05, 0) is 92.7 Å². The van der Waals surface area contributed by atoms with Crippen LogP contribution in [0.5, 0.6) is 0 Å². The third-order valence-electron chi connectivity index (χ3n) is 8.57. The molecular weight excluding hydrogens is 424 g/mol. The zero-order valence-corrected chi connectivity index (χ0v) is 23.1. The molecule has 3 aliphatic carbocycles. The molecule has 1 aromatic carbocycles. The fraction of sp³-hybridized carbons (Fsp3) is 0.559. The third kappa shape index (κ3) is 6.54. The Labute approximate surface area is 217 Å². The molecule has 0 spiro atoms. The summed E-state index contributed by atoms with van der Waals surface area (Å²) in [4.78, 5) is 13.7. The molecule has 192 valence electrons. The molecule has 35 heavy (non-hydrogen) atoms. The average molecular weight is 475 g/mol. The molecule has 4 rings (SSSR count). The van der Waals surface area contributed by atoms with E-state index in [-0.39, 0.29) is 7.34 Å². The first-order chi connectivity index (χ1) is 17.0. The minimum absolute atomic E-state index is 0. The Morgan fingerprint density at radius 2 is 1.71 bits per heavy atom. The molecule has 1 heteroatoms. The van der Waals surface area contributed by atoms with Crippen LogP contribution in [0.4, 0.5) is 0 Å².